The second-order valence-electron chi connectivity index (χ2n) is 7.39. The number of rotatable bonds is 7. The van der Waals surface area contributed by atoms with Crippen LogP contribution in [0.5, 0.6) is 0 Å². The van der Waals surface area contributed by atoms with Crippen LogP contribution in [-0.2, 0) is 19.6 Å². The lowest BCUT2D eigenvalue weighted by molar-refractivity contribution is 0.0776. The molecule has 3 heterocycles. The molecule has 148 valence electrons. The molecular formula is C21H27N5O2. The Morgan fingerprint density at radius 2 is 1.93 bits per heavy atom. The van der Waals surface area contributed by atoms with Gasteiger partial charge in [-0.2, -0.15) is 0 Å². The molecule has 1 aliphatic heterocycles. The molecule has 0 unspecified atom stereocenters. The van der Waals surface area contributed by atoms with E-state index in [9.17, 15) is 9.59 Å². The van der Waals surface area contributed by atoms with Gasteiger partial charge >= 0.3 is 5.69 Å². The zero-order valence-corrected chi connectivity index (χ0v) is 16.5. The van der Waals surface area contributed by atoms with Crippen LogP contribution in [0.25, 0.3) is 11.2 Å². The summed E-state index contributed by atoms with van der Waals surface area (Å²) in [7, 11) is 0. The van der Waals surface area contributed by atoms with E-state index in [1.54, 1.807) is 4.57 Å². The number of nitrogens with zero attached hydrogens (tertiary/aromatic N) is 4. The third-order valence-electron chi connectivity index (χ3n) is 5.68. The molecule has 3 aromatic rings. The number of hydrogen-bond donors (Lipinski definition) is 1. The van der Waals surface area contributed by atoms with Crippen LogP contribution in [0.1, 0.15) is 50.5 Å². The number of nitrogens with one attached hydrogen (secondary N) is 1. The third-order valence-corrected chi connectivity index (χ3v) is 5.68. The van der Waals surface area contributed by atoms with E-state index in [0.29, 0.717) is 36.8 Å². The Hall–Kier alpha value is -2.67. The molecule has 0 radical (unpaired) electrons. The van der Waals surface area contributed by atoms with Gasteiger partial charge in [-0.05, 0) is 25.3 Å². The van der Waals surface area contributed by atoms with E-state index >= 15 is 0 Å². The summed E-state index contributed by atoms with van der Waals surface area (Å²) in [5.74, 6) is 0.847. The minimum atomic E-state index is -0.371. The number of aromatic amines is 1. The highest BCUT2D eigenvalue weighted by Crippen LogP contribution is 2.34. The topological polar surface area (TPSA) is 75.9 Å². The number of benzene rings is 1. The lowest BCUT2D eigenvalue weighted by Gasteiger charge is -2.41. The van der Waals surface area contributed by atoms with Crippen molar-refractivity contribution in [3.05, 3.63) is 62.6 Å². The van der Waals surface area contributed by atoms with Crippen molar-refractivity contribution in [2.24, 2.45) is 0 Å². The van der Waals surface area contributed by atoms with Gasteiger partial charge < -0.3 is 4.57 Å². The molecule has 7 heteroatoms. The second-order valence-corrected chi connectivity index (χ2v) is 7.39. The van der Waals surface area contributed by atoms with Gasteiger partial charge in [-0.3, -0.25) is 19.2 Å². The summed E-state index contributed by atoms with van der Waals surface area (Å²) in [5, 5.41) is 0. The minimum absolute atomic E-state index is 0.350. The average Bonchev–Trinajstić information content (AvgIpc) is 3.04. The Bertz CT molecular complexity index is 1080. The Balaban J connectivity index is 1.72. The summed E-state index contributed by atoms with van der Waals surface area (Å²) in [6.07, 6.45) is 2.97. The lowest BCUT2D eigenvalue weighted by atomic mass is 9.95. The van der Waals surface area contributed by atoms with Crippen molar-refractivity contribution >= 4 is 11.2 Å². The van der Waals surface area contributed by atoms with Crippen molar-refractivity contribution in [1.29, 1.82) is 0 Å². The highest BCUT2D eigenvalue weighted by atomic mass is 16.2. The van der Waals surface area contributed by atoms with Gasteiger partial charge in [0.15, 0.2) is 11.2 Å². The molecule has 1 fully saturated rings. The highest BCUT2D eigenvalue weighted by molar-refractivity contribution is 5.71. The van der Waals surface area contributed by atoms with Crippen molar-refractivity contribution in [2.45, 2.75) is 58.8 Å². The fourth-order valence-electron chi connectivity index (χ4n) is 4.07. The van der Waals surface area contributed by atoms with Crippen molar-refractivity contribution in [1.82, 2.24) is 24.0 Å². The van der Waals surface area contributed by atoms with E-state index in [1.165, 1.54) is 5.56 Å². The van der Waals surface area contributed by atoms with Crippen LogP contribution in [0, 0.1) is 0 Å². The van der Waals surface area contributed by atoms with Crippen molar-refractivity contribution in [3.63, 3.8) is 0 Å². The van der Waals surface area contributed by atoms with Crippen LogP contribution in [0.15, 0.2) is 39.9 Å². The van der Waals surface area contributed by atoms with Crippen LogP contribution < -0.4 is 11.2 Å². The molecule has 1 saturated heterocycles. The summed E-state index contributed by atoms with van der Waals surface area (Å²) in [6, 6.07) is 10.9. The van der Waals surface area contributed by atoms with Crippen LogP contribution in [0.3, 0.4) is 0 Å². The quantitative estimate of drug-likeness (QED) is 0.683. The monoisotopic (exact) mass is 381 g/mol. The maximum absolute atomic E-state index is 12.5. The van der Waals surface area contributed by atoms with Crippen LogP contribution in [0.2, 0.25) is 0 Å². The fourth-order valence-corrected chi connectivity index (χ4v) is 4.07. The molecule has 28 heavy (non-hydrogen) atoms. The summed E-state index contributed by atoms with van der Waals surface area (Å²) >= 11 is 0. The van der Waals surface area contributed by atoms with Gasteiger partial charge in [0, 0.05) is 25.7 Å². The van der Waals surface area contributed by atoms with Gasteiger partial charge in [0.1, 0.15) is 5.82 Å². The Morgan fingerprint density at radius 3 is 2.57 bits per heavy atom. The van der Waals surface area contributed by atoms with E-state index in [2.05, 4.69) is 41.1 Å². The van der Waals surface area contributed by atoms with Crippen LogP contribution >= 0.6 is 0 Å². The molecule has 0 amide bonds. The number of aromatic nitrogens is 4. The van der Waals surface area contributed by atoms with Gasteiger partial charge in [-0.15, -0.1) is 0 Å². The number of aryl methyl sites for hydroxylation is 2. The first-order chi connectivity index (χ1) is 13.6. The Morgan fingerprint density at radius 1 is 1.14 bits per heavy atom. The summed E-state index contributed by atoms with van der Waals surface area (Å²) in [6.45, 7) is 6.98. The highest BCUT2D eigenvalue weighted by Gasteiger charge is 2.31. The van der Waals surface area contributed by atoms with Crippen LogP contribution in [-0.4, -0.2) is 30.5 Å². The van der Waals surface area contributed by atoms with E-state index in [1.807, 2.05) is 17.6 Å². The van der Waals surface area contributed by atoms with Gasteiger partial charge in [0.25, 0.3) is 5.56 Å². The number of imidazole rings is 1. The first kappa shape index (κ1) is 18.7. The summed E-state index contributed by atoms with van der Waals surface area (Å²) in [4.78, 5) is 34.5. The van der Waals surface area contributed by atoms with Gasteiger partial charge in [0.05, 0.1) is 6.54 Å². The molecule has 1 aliphatic rings. The predicted octanol–water partition coefficient (Wildman–Crippen LogP) is 2.65. The fraction of sp³-hybridized carbons (Fsp3) is 0.476. The molecule has 1 atom stereocenters. The van der Waals surface area contributed by atoms with Crippen LogP contribution in [0.4, 0.5) is 0 Å². The van der Waals surface area contributed by atoms with Gasteiger partial charge in [-0.1, -0.05) is 43.7 Å². The first-order valence-corrected chi connectivity index (χ1v) is 10.1. The Labute approximate surface area is 163 Å². The molecule has 0 saturated carbocycles. The normalized spacial score (nSPS) is 17.1. The first-order valence-electron chi connectivity index (χ1n) is 10.1. The molecule has 2 aromatic heterocycles. The summed E-state index contributed by atoms with van der Waals surface area (Å²) < 4.78 is 3.57. The maximum Gasteiger partial charge on any atom is 0.330 e. The minimum Gasteiger partial charge on any atom is -0.321 e. The van der Waals surface area contributed by atoms with E-state index in [-0.39, 0.29) is 11.2 Å². The molecule has 1 N–H and O–H groups in total. The van der Waals surface area contributed by atoms with Crippen molar-refractivity contribution in [3.8, 4) is 0 Å². The Kier molecular flexibility index (Phi) is 5.17. The largest absolute Gasteiger partial charge is 0.330 e. The standard InChI is InChI=1S/C21H27N5O2/c1-3-5-12-26-19-18(20(27)23-21(26)28)25(4-2)17(22-19)14-24-13-11-16(24)15-9-7-6-8-10-15/h6-10,16H,3-5,11-14H2,1-2H3,(H,23,27,28)/t16-/m0/s1. The van der Waals surface area contributed by atoms with E-state index in [4.69, 9.17) is 4.98 Å². The van der Waals surface area contributed by atoms with Gasteiger partial charge in [0.2, 0.25) is 0 Å². The third kappa shape index (κ3) is 3.20. The molecule has 0 bridgehead atoms. The smallest absolute Gasteiger partial charge is 0.321 e. The number of H-pyrrole nitrogens is 1. The molecular weight excluding hydrogens is 354 g/mol. The van der Waals surface area contributed by atoms with Gasteiger partial charge in [-0.25, -0.2) is 9.78 Å². The van der Waals surface area contributed by atoms with E-state index in [0.717, 1.165) is 31.6 Å². The summed E-state index contributed by atoms with van der Waals surface area (Å²) in [5.41, 5.74) is 1.60. The average molecular weight is 381 g/mol. The molecule has 7 nitrogen and oxygen atoms in total. The molecule has 0 spiro atoms. The zero-order chi connectivity index (χ0) is 19.7. The van der Waals surface area contributed by atoms with Crippen molar-refractivity contribution < 1.29 is 0 Å². The SMILES string of the molecule is CCCCn1c(=O)[nH]c(=O)c2c1nc(CN1CC[C@H]1c1ccccc1)n2CC. The maximum atomic E-state index is 12.5. The number of fused-ring (bicyclic) bond motifs is 1. The predicted molar refractivity (Wildman–Crippen MR) is 109 cm³/mol. The second kappa shape index (κ2) is 7.75. The number of hydrogen-bond acceptors (Lipinski definition) is 4. The molecule has 1 aromatic carbocycles. The molecule has 4 rings (SSSR count). The number of unbranched alkanes of at least 4 members (excludes halogenated alkanes) is 1. The number of likely N-dealkylation sites (tertiary alicyclic amines) is 1. The van der Waals surface area contributed by atoms with E-state index < -0.39 is 0 Å². The molecule has 0 aliphatic carbocycles. The van der Waals surface area contributed by atoms with Crippen molar-refractivity contribution in [2.75, 3.05) is 6.54 Å². The lowest BCUT2D eigenvalue weighted by Crippen LogP contribution is -2.40. The zero-order valence-electron chi connectivity index (χ0n) is 16.5.